The Kier molecular flexibility index (Phi) is 37.2. The summed E-state index contributed by atoms with van der Waals surface area (Å²) in [6.07, 6.45) is 0. The van der Waals surface area contributed by atoms with E-state index in [0.29, 0.717) is 0 Å². The molecule has 40 valence electrons. The van der Waals surface area contributed by atoms with Crippen LogP contribution < -0.4 is 0 Å². The zero-order valence-electron chi connectivity index (χ0n) is 2.70. The van der Waals surface area contributed by atoms with Crippen LogP contribution in [0.4, 0.5) is 0 Å². The Morgan fingerprint density at radius 2 is 1.14 bits per heavy atom. The minimum atomic E-state index is -3.45. The molecule has 0 fully saturated rings. The average molecular weight is 352 g/mol. The second-order valence-corrected chi connectivity index (χ2v) is 1.80. The van der Waals surface area contributed by atoms with Crippen LogP contribution in [0.25, 0.3) is 0 Å². The summed E-state index contributed by atoms with van der Waals surface area (Å²) in [5.74, 6) is 0. The molecule has 0 radical (unpaired) electrons. The SMILES string of the molecule is [NaH].[OH][Sb]([OH])[OH].[S]=[SbH]. The molecule has 0 spiro atoms. The monoisotopic (exact) mass is 350 g/mol. The van der Waals surface area contributed by atoms with E-state index in [-0.39, 0.29) is 29.6 Å². The summed E-state index contributed by atoms with van der Waals surface area (Å²) in [7, 11) is 4.17. The van der Waals surface area contributed by atoms with E-state index in [4.69, 9.17) is 10.2 Å². The summed E-state index contributed by atoms with van der Waals surface area (Å²) in [6, 6.07) is 0. The van der Waals surface area contributed by atoms with Gasteiger partial charge in [-0.15, -0.1) is 0 Å². The molecule has 0 unspecified atom stereocenters. The van der Waals surface area contributed by atoms with Crippen LogP contribution in [0, 0.1) is 0 Å². The molecule has 3 N–H and O–H groups in total. The third kappa shape index (κ3) is 52.9. The summed E-state index contributed by atoms with van der Waals surface area (Å²) in [6.45, 7) is 0. The normalized spacial score (nSPS) is 5.71. The fraction of sp³-hybridized carbons (Fsp3) is 0. The average Bonchev–Trinajstić information content (AvgIpc) is 1.41. The van der Waals surface area contributed by atoms with Crippen LogP contribution in [0.1, 0.15) is 0 Å². The van der Waals surface area contributed by atoms with Crippen molar-refractivity contribution in [3.63, 3.8) is 0 Å². The van der Waals surface area contributed by atoms with Gasteiger partial charge in [-0.3, -0.25) is 0 Å². The summed E-state index contributed by atoms with van der Waals surface area (Å²) >= 11 is -2.32. The van der Waals surface area contributed by atoms with Crippen LogP contribution in [0.2, 0.25) is 0 Å². The van der Waals surface area contributed by atoms with Gasteiger partial charge in [0.2, 0.25) is 0 Å². The molecule has 0 aromatic rings. The van der Waals surface area contributed by atoms with Gasteiger partial charge in [0.05, 0.1) is 0 Å². The first kappa shape index (κ1) is 16.4. The summed E-state index contributed by atoms with van der Waals surface area (Å²) in [4.78, 5) is 0. The molecule has 7 heteroatoms. The molecule has 0 aliphatic carbocycles. The van der Waals surface area contributed by atoms with Crippen molar-refractivity contribution < 1.29 is 10.2 Å². The van der Waals surface area contributed by atoms with Gasteiger partial charge in [0.15, 0.2) is 0 Å². The van der Waals surface area contributed by atoms with Gasteiger partial charge in [0, 0.05) is 0 Å². The van der Waals surface area contributed by atoms with E-state index in [2.05, 4.69) is 9.19 Å². The van der Waals surface area contributed by atoms with Gasteiger partial charge in [0.1, 0.15) is 0 Å². The number of hydrogen-bond acceptors (Lipinski definition) is 4. The zero-order chi connectivity index (χ0) is 5.58. The van der Waals surface area contributed by atoms with Gasteiger partial charge in [-0.1, -0.05) is 0 Å². The second kappa shape index (κ2) is 15.9. The molecule has 3 nitrogen and oxygen atoms in total. The Hall–Kier alpha value is 2.74. The van der Waals surface area contributed by atoms with Crippen molar-refractivity contribution in [2.24, 2.45) is 0 Å². The second-order valence-electron chi connectivity index (χ2n) is 0.268. The third-order valence-electron chi connectivity index (χ3n) is 0. The summed E-state index contributed by atoms with van der Waals surface area (Å²) in [5, 5.41) is 0. The van der Waals surface area contributed by atoms with Crippen molar-refractivity contribution in [3.05, 3.63) is 0 Å². The molecule has 0 saturated carbocycles. The molecular weight excluding hydrogens is 347 g/mol. The fourth-order valence-electron chi connectivity index (χ4n) is 0. The van der Waals surface area contributed by atoms with Gasteiger partial charge in [0.25, 0.3) is 0 Å². The molecule has 7 heavy (non-hydrogen) atoms. The molecular formula is H5NaO3SSb2. The van der Waals surface area contributed by atoms with Gasteiger partial charge >= 0.3 is 91.4 Å². The van der Waals surface area contributed by atoms with Crippen molar-refractivity contribution in [1.29, 1.82) is 0 Å². The van der Waals surface area contributed by atoms with Gasteiger partial charge < -0.3 is 0 Å². The van der Waals surface area contributed by atoms with Crippen molar-refractivity contribution >= 4 is 81.3 Å². The first-order chi connectivity index (χ1) is 2.73. The van der Waals surface area contributed by atoms with Gasteiger partial charge in [-0.05, 0) is 0 Å². The fourth-order valence-corrected chi connectivity index (χ4v) is 0. The minimum absolute atomic E-state index is 0. The Morgan fingerprint density at radius 3 is 1.14 bits per heavy atom. The standard InChI is InChI=1S/Na.3H2O.S.2Sb.2H/h;3*1H2;;;;;/q;;;;;;+3;;/p-3. The molecule has 0 aliphatic rings. The van der Waals surface area contributed by atoms with Crippen LogP contribution in [0.3, 0.4) is 0 Å². The molecule has 0 saturated heterocycles. The molecule has 0 amide bonds. The Balaban J connectivity index is -0.0000000480. The van der Waals surface area contributed by atoms with E-state index in [0.717, 1.165) is 21.1 Å². The van der Waals surface area contributed by atoms with Crippen LogP contribution in [-0.4, -0.2) is 82.2 Å². The first-order valence-electron chi connectivity index (χ1n) is 0.804. The van der Waals surface area contributed by atoms with E-state index in [1.165, 1.54) is 0 Å². The van der Waals surface area contributed by atoms with Crippen molar-refractivity contribution in [3.8, 4) is 0 Å². The quantitative estimate of drug-likeness (QED) is 0.416. The molecule has 0 bridgehead atoms. The molecule has 0 heterocycles. The molecule has 0 atom stereocenters. The predicted octanol–water partition coefficient (Wildman–Crippen LogP) is -2.70. The van der Waals surface area contributed by atoms with E-state index in [1.54, 1.807) is 0 Å². The molecule has 0 aromatic carbocycles. The molecule has 0 rings (SSSR count). The van der Waals surface area contributed by atoms with Gasteiger partial charge in [-0.25, -0.2) is 0 Å². The summed E-state index contributed by atoms with van der Waals surface area (Å²) < 4.78 is 22.0. The Morgan fingerprint density at radius 1 is 1.14 bits per heavy atom. The van der Waals surface area contributed by atoms with Gasteiger partial charge in [-0.2, -0.15) is 0 Å². The van der Waals surface area contributed by atoms with E-state index >= 15 is 0 Å². The molecule has 0 aromatic heterocycles. The molecule has 0 aliphatic heterocycles. The van der Waals surface area contributed by atoms with E-state index in [1.807, 2.05) is 0 Å². The Bertz CT molecular complexity index is 24.1. The predicted molar refractivity (Wildman–Crippen MR) is 34.3 cm³/mol. The van der Waals surface area contributed by atoms with Crippen LogP contribution in [0.5, 0.6) is 0 Å². The first-order valence-corrected chi connectivity index (χ1v) is 8.13. The zero-order valence-corrected chi connectivity index (χ0v) is 8.92. The topological polar surface area (TPSA) is 60.7 Å². The van der Waals surface area contributed by atoms with Crippen LogP contribution in [0.15, 0.2) is 0 Å². The maximum absolute atomic E-state index is 7.35. The van der Waals surface area contributed by atoms with E-state index < -0.39 is 21.5 Å². The Labute approximate surface area is 89.7 Å². The van der Waals surface area contributed by atoms with Crippen molar-refractivity contribution in [2.45, 2.75) is 0 Å². The summed E-state index contributed by atoms with van der Waals surface area (Å²) in [5.41, 5.74) is 0. The van der Waals surface area contributed by atoms with Crippen molar-refractivity contribution in [1.82, 2.24) is 0 Å². The van der Waals surface area contributed by atoms with Crippen molar-refractivity contribution in [2.75, 3.05) is 0 Å². The number of hydrogen-bond donors (Lipinski definition) is 3. The maximum atomic E-state index is 7.35. The van der Waals surface area contributed by atoms with Crippen LogP contribution in [-0.2, 0) is 0 Å². The number of rotatable bonds is 0. The third-order valence-corrected chi connectivity index (χ3v) is 0. The van der Waals surface area contributed by atoms with E-state index in [9.17, 15) is 0 Å². The van der Waals surface area contributed by atoms with Crippen LogP contribution >= 0.6 is 9.19 Å².